The van der Waals surface area contributed by atoms with E-state index >= 15 is 0 Å². The van der Waals surface area contributed by atoms with Gasteiger partial charge in [-0.1, -0.05) is 25.0 Å². The highest BCUT2D eigenvalue weighted by atomic mass is 16.3. The maximum atomic E-state index is 13.2. The van der Waals surface area contributed by atoms with Crippen LogP contribution >= 0.6 is 0 Å². The van der Waals surface area contributed by atoms with Crippen LogP contribution in [0.15, 0.2) is 16.5 Å². The Morgan fingerprint density at radius 1 is 0.862 bits per heavy atom. The summed E-state index contributed by atoms with van der Waals surface area (Å²) in [6.07, 6.45) is 6.19. The molecule has 0 unspecified atom stereocenters. The molecule has 2 saturated heterocycles. The van der Waals surface area contributed by atoms with Crippen LogP contribution in [0.4, 0.5) is 0 Å². The van der Waals surface area contributed by atoms with Crippen LogP contribution in [0.2, 0.25) is 0 Å². The molecule has 5 heteroatoms. The number of likely N-dealkylation sites (tertiary alicyclic amines) is 2. The van der Waals surface area contributed by atoms with Gasteiger partial charge in [0.1, 0.15) is 5.58 Å². The largest absolute Gasteiger partial charge is 0.450 e. The van der Waals surface area contributed by atoms with Gasteiger partial charge in [0.05, 0.1) is 0 Å². The number of furan rings is 1. The molecule has 0 radical (unpaired) electrons. The first-order valence-corrected chi connectivity index (χ1v) is 11.0. The Labute approximate surface area is 173 Å². The highest BCUT2D eigenvalue weighted by Gasteiger charge is 2.32. The van der Waals surface area contributed by atoms with Crippen molar-refractivity contribution < 1.29 is 14.0 Å². The standard InChI is InChI=1S/C24H32N2O3/c1-16-8-9-17(2)21-20(16)18(3)22(29-21)24(28)26-14-10-19(11-15-26)23(27)25-12-6-4-5-7-13-25/h8-9,19H,4-7,10-15H2,1-3H3. The zero-order valence-electron chi connectivity index (χ0n) is 17.9. The van der Waals surface area contributed by atoms with Gasteiger partial charge in [0.25, 0.3) is 5.91 Å². The van der Waals surface area contributed by atoms with Crippen molar-refractivity contribution in [2.75, 3.05) is 26.2 Å². The van der Waals surface area contributed by atoms with Gasteiger partial charge in [-0.25, -0.2) is 0 Å². The lowest BCUT2D eigenvalue weighted by atomic mass is 9.94. The molecule has 0 atom stereocenters. The molecule has 2 aliphatic rings. The minimum absolute atomic E-state index is 0.0434. The number of carbonyl (C=O) groups is 2. The van der Waals surface area contributed by atoms with Crippen LogP contribution in [0, 0.1) is 26.7 Å². The van der Waals surface area contributed by atoms with E-state index in [0.717, 1.165) is 66.4 Å². The molecule has 1 aromatic carbocycles. The number of piperidine rings is 1. The first-order chi connectivity index (χ1) is 14.0. The Morgan fingerprint density at radius 2 is 1.48 bits per heavy atom. The number of aryl methyl sites for hydroxylation is 3. The number of carbonyl (C=O) groups excluding carboxylic acids is 2. The van der Waals surface area contributed by atoms with Crippen molar-refractivity contribution >= 4 is 22.8 Å². The Bertz CT molecular complexity index is 914. The van der Waals surface area contributed by atoms with Crippen LogP contribution in [0.5, 0.6) is 0 Å². The molecular weight excluding hydrogens is 364 g/mol. The zero-order chi connectivity index (χ0) is 20.5. The van der Waals surface area contributed by atoms with Gasteiger partial charge in [0, 0.05) is 43.0 Å². The first kappa shape index (κ1) is 20.0. The van der Waals surface area contributed by atoms with Gasteiger partial charge in [-0.15, -0.1) is 0 Å². The third-order valence-corrected chi connectivity index (χ3v) is 6.73. The molecule has 0 saturated carbocycles. The summed E-state index contributed by atoms with van der Waals surface area (Å²) in [6.45, 7) is 9.08. The van der Waals surface area contributed by atoms with Gasteiger partial charge in [0.2, 0.25) is 5.91 Å². The van der Waals surface area contributed by atoms with Crippen LogP contribution in [-0.2, 0) is 4.79 Å². The summed E-state index contributed by atoms with van der Waals surface area (Å²) in [5.41, 5.74) is 3.92. The van der Waals surface area contributed by atoms with Gasteiger partial charge in [0.15, 0.2) is 5.76 Å². The van der Waals surface area contributed by atoms with Crippen LogP contribution in [-0.4, -0.2) is 47.8 Å². The summed E-state index contributed by atoms with van der Waals surface area (Å²) in [5.74, 6) is 0.761. The SMILES string of the molecule is Cc1ccc(C)c2c(C)c(C(=O)N3CCC(C(=O)N4CCCCCC4)CC3)oc12. The normalized spacial score (nSPS) is 18.9. The van der Waals surface area contributed by atoms with E-state index in [1.54, 1.807) is 0 Å². The summed E-state index contributed by atoms with van der Waals surface area (Å²) < 4.78 is 6.04. The number of nitrogens with zero attached hydrogens (tertiary/aromatic N) is 2. The molecule has 4 rings (SSSR count). The van der Waals surface area contributed by atoms with E-state index in [0.29, 0.717) is 24.8 Å². The van der Waals surface area contributed by atoms with Gasteiger partial charge >= 0.3 is 0 Å². The fourth-order valence-electron chi connectivity index (χ4n) is 4.90. The van der Waals surface area contributed by atoms with Crippen LogP contribution in [0.1, 0.15) is 65.8 Å². The molecule has 156 valence electrons. The van der Waals surface area contributed by atoms with E-state index in [9.17, 15) is 9.59 Å². The van der Waals surface area contributed by atoms with E-state index in [1.807, 2.05) is 24.8 Å². The van der Waals surface area contributed by atoms with Crippen LogP contribution in [0.25, 0.3) is 11.0 Å². The maximum Gasteiger partial charge on any atom is 0.289 e. The zero-order valence-corrected chi connectivity index (χ0v) is 17.9. The quantitative estimate of drug-likeness (QED) is 0.745. The number of hydrogen-bond donors (Lipinski definition) is 0. The van der Waals surface area contributed by atoms with Crippen molar-refractivity contribution in [1.29, 1.82) is 0 Å². The number of fused-ring (bicyclic) bond motifs is 1. The predicted molar refractivity (Wildman–Crippen MR) is 114 cm³/mol. The molecule has 29 heavy (non-hydrogen) atoms. The number of benzene rings is 1. The van der Waals surface area contributed by atoms with Gasteiger partial charge in [-0.2, -0.15) is 0 Å². The van der Waals surface area contributed by atoms with Crippen molar-refractivity contribution in [3.63, 3.8) is 0 Å². The molecular formula is C24H32N2O3. The van der Waals surface area contributed by atoms with E-state index in [2.05, 4.69) is 17.9 Å². The summed E-state index contributed by atoms with van der Waals surface area (Å²) in [5, 5.41) is 1.06. The smallest absolute Gasteiger partial charge is 0.289 e. The Hall–Kier alpha value is -2.30. The van der Waals surface area contributed by atoms with Gasteiger partial charge in [-0.05, 0) is 57.6 Å². The molecule has 3 heterocycles. The second-order valence-electron chi connectivity index (χ2n) is 8.77. The molecule has 1 aromatic heterocycles. The molecule has 0 aliphatic carbocycles. The summed E-state index contributed by atoms with van der Waals surface area (Å²) in [7, 11) is 0. The van der Waals surface area contributed by atoms with Crippen molar-refractivity contribution in [2.45, 2.75) is 59.3 Å². The maximum absolute atomic E-state index is 13.2. The van der Waals surface area contributed by atoms with Crippen molar-refractivity contribution in [1.82, 2.24) is 9.80 Å². The minimum atomic E-state index is -0.0434. The fraction of sp³-hybridized carbons (Fsp3) is 0.583. The first-order valence-electron chi connectivity index (χ1n) is 11.0. The Kier molecular flexibility index (Phi) is 5.66. The highest BCUT2D eigenvalue weighted by molar-refractivity contribution is 6.00. The van der Waals surface area contributed by atoms with Crippen molar-refractivity contribution in [3.8, 4) is 0 Å². The highest BCUT2D eigenvalue weighted by Crippen LogP contribution is 2.32. The van der Waals surface area contributed by atoms with Gasteiger partial charge in [-0.3, -0.25) is 9.59 Å². The third-order valence-electron chi connectivity index (χ3n) is 6.73. The Morgan fingerprint density at radius 3 is 2.10 bits per heavy atom. The second-order valence-corrected chi connectivity index (χ2v) is 8.77. The fourth-order valence-corrected chi connectivity index (χ4v) is 4.90. The van der Waals surface area contributed by atoms with Crippen LogP contribution in [0.3, 0.4) is 0 Å². The minimum Gasteiger partial charge on any atom is -0.450 e. The molecule has 0 spiro atoms. The van der Waals surface area contributed by atoms with Crippen molar-refractivity contribution in [2.24, 2.45) is 5.92 Å². The van der Waals surface area contributed by atoms with Crippen molar-refractivity contribution in [3.05, 3.63) is 34.6 Å². The molecule has 0 bridgehead atoms. The third kappa shape index (κ3) is 3.79. The lowest BCUT2D eigenvalue weighted by Crippen LogP contribution is -2.44. The van der Waals surface area contributed by atoms with Crippen LogP contribution < -0.4 is 0 Å². The van der Waals surface area contributed by atoms with E-state index in [1.165, 1.54) is 12.8 Å². The molecule has 2 amide bonds. The molecule has 2 aromatic rings. The summed E-state index contributed by atoms with van der Waals surface area (Å²) >= 11 is 0. The lowest BCUT2D eigenvalue weighted by molar-refractivity contribution is -0.136. The summed E-state index contributed by atoms with van der Waals surface area (Å²) in [6, 6.07) is 4.11. The van der Waals surface area contributed by atoms with Gasteiger partial charge < -0.3 is 14.2 Å². The number of rotatable bonds is 2. The monoisotopic (exact) mass is 396 g/mol. The predicted octanol–water partition coefficient (Wildman–Crippen LogP) is 4.61. The number of amides is 2. The average molecular weight is 397 g/mol. The average Bonchev–Trinajstić information content (AvgIpc) is 2.91. The van der Waals surface area contributed by atoms with E-state index in [-0.39, 0.29) is 11.8 Å². The summed E-state index contributed by atoms with van der Waals surface area (Å²) in [4.78, 5) is 30.0. The number of hydrogen-bond acceptors (Lipinski definition) is 3. The topological polar surface area (TPSA) is 53.8 Å². The van der Waals surface area contributed by atoms with E-state index < -0.39 is 0 Å². The second kappa shape index (κ2) is 8.21. The molecule has 2 fully saturated rings. The molecule has 5 nitrogen and oxygen atoms in total. The van der Waals surface area contributed by atoms with E-state index in [4.69, 9.17) is 4.42 Å². The molecule has 2 aliphatic heterocycles. The molecule has 0 N–H and O–H groups in total. The Balaban J connectivity index is 1.45. The lowest BCUT2D eigenvalue weighted by Gasteiger charge is -2.33.